The monoisotopic (exact) mass is 570 g/mol. The molecule has 1 fully saturated rings. The van der Waals surface area contributed by atoms with Crippen molar-refractivity contribution in [3.05, 3.63) is 79.0 Å². The molecule has 1 unspecified atom stereocenters. The fourth-order valence-corrected chi connectivity index (χ4v) is 5.72. The van der Waals surface area contributed by atoms with E-state index in [0.717, 1.165) is 42.4 Å². The largest absolute Gasteiger partial charge is 0.482 e. The number of benzene rings is 2. The number of allylic oxidation sites excluding steroid dienone is 4. The number of hydrogen-bond donors (Lipinski definition) is 2. The number of esters is 1. The molecule has 2 aliphatic rings. The summed E-state index contributed by atoms with van der Waals surface area (Å²) in [5.41, 5.74) is 2.17. The summed E-state index contributed by atoms with van der Waals surface area (Å²) >= 11 is 0. The molecule has 2 heterocycles. The maximum Gasteiger partial charge on any atom is 0.344 e. The van der Waals surface area contributed by atoms with Crippen molar-refractivity contribution in [1.29, 1.82) is 0 Å². The number of fused-ring (bicyclic) bond motifs is 1. The van der Waals surface area contributed by atoms with Crippen LogP contribution in [0.2, 0.25) is 0 Å². The Kier molecular flexibility index (Phi) is 9.84. The summed E-state index contributed by atoms with van der Waals surface area (Å²) in [7, 11) is 1.71. The molecule has 220 valence electrons. The van der Waals surface area contributed by atoms with Gasteiger partial charge in [-0.05, 0) is 43.4 Å². The van der Waals surface area contributed by atoms with Crippen LogP contribution in [0.5, 0.6) is 5.75 Å². The number of likely N-dealkylation sites (tertiary alicyclic amines) is 1. The topological polar surface area (TPSA) is 102 Å². The first-order valence-electron chi connectivity index (χ1n) is 14.4. The zero-order valence-corrected chi connectivity index (χ0v) is 24.1. The van der Waals surface area contributed by atoms with Crippen LogP contribution in [0.3, 0.4) is 0 Å². The molecule has 1 aliphatic heterocycles. The van der Waals surface area contributed by atoms with Crippen molar-refractivity contribution in [3.8, 4) is 17.0 Å². The SMILES string of the molecule is CCOC(=O)COc1ccc2c(NC(=O)N[C@@H]3CN(CCOC)C[C@H]3C3C=CC=CC3)c(-c3ccccc3)ncc2c1. The summed E-state index contributed by atoms with van der Waals surface area (Å²) in [6, 6.07) is 15.0. The summed E-state index contributed by atoms with van der Waals surface area (Å²) in [5, 5.41) is 8.02. The lowest BCUT2D eigenvalue weighted by atomic mass is 9.84. The minimum absolute atomic E-state index is 0.0194. The van der Waals surface area contributed by atoms with Gasteiger partial charge in [-0.25, -0.2) is 9.59 Å². The molecule has 42 heavy (non-hydrogen) atoms. The fraction of sp³-hybridized carbons (Fsp3) is 0.364. The second-order valence-corrected chi connectivity index (χ2v) is 10.5. The molecule has 1 aromatic heterocycles. The summed E-state index contributed by atoms with van der Waals surface area (Å²) in [5.74, 6) is 0.729. The number of hydrogen-bond acceptors (Lipinski definition) is 7. The molecular weight excluding hydrogens is 532 g/mol. The van der Waals surface area contributed by atoms with Gasteiger partial charge < -0.3 is 24.8 Å². The Morgan fingerprint density at radius 2 is 1.95 bits per heavy atom. The van der Waals surface area contributed by atoms with Crippen LogP contribution in [-0.2, 0) is 14.3 Å². The highest BCUT2D eigenvalue weighted by molar-refractivity contribution is 6.06. The molecule has 1 saturated heterocycles. The van der Waals surface area contributed by atoms with Gasteiger partial charge in [-0.2, -0.15) is 0 Å². The van der Waals surface area contributed by atoms with Crippen LogP contribution in [0, 0.1) is 11.8 Å². The highest BCUT2D eigenvalue weighted by Gasteiger charge is 2.37. The smallest absolute Gasteiger partial charge is 0.344 e. The van der Waals surface area contributed by atoms with Crippen molar-refractivity contribution in [1.82, 2.24) is 15.2 Å². The van der Waals surface area contributed by atoms with Gasteiger partial charge in [-0.1, -0.05) is 54.6 Å². The minimum Gasteiger partial charge on any atom is -0.482 e. The number of aromatic nitrogens is 1. The van der Waals surface area contributed by atoms with Gasteiger partial charge in [0.25, 0.3) is 0 Å². The number of nitrogens with zero attached hydrogens (tertiary/aromatic N) is 2. The summed E-state index contributed by atoms with van der Waals surface area (Å²) in [6.07, 6.45) is 11.3. The average molecular weight is 571 g/mol. The van der Waals surface area contributed by atoms with E-state index in [2.05, 4.69) is 39.8 Å². The van der Waals surface area contributed by atoms with Crippen molar-refractivity contribution in [2.45, 2.75) is 19.4 Å². The van der Waals surface area contributed by atoms with E-state index in [9.17, 15) is 9.59 Å². The highest BCUT2D eigenvalue weighted by atomic mass is 16.6. The number of anilines is 1. The molecule has 3 aromatic rings. The normalized spacial score (nSPS) is 20.0. The molecule has 1 aliphatic carbocycles. The van der Waals surface area contributed by atoms with E-state index in [0.29, 0.717) is 36.3 Å². The molecule has 0 radical (unpaired) electrons. The molecule has 0 spiro atoms. The van der Waals surface area contributed by atoms with Gasteiger partial charge in [0.2, 0.25) is 0 Å². The van der Waals surface area contributed by atoms with Crippen molar-refractivity contribution in [2.75, 3.05) is 51.9 Å². The Morgan fingerprint density at radius 1 is 1.10 bits per heavy atom. The van der Waals surface area contributed by atoms with Crippen LogP contribution in [-0.4, -0.2) is 74.5 Å². The standard InChI is InChI=1S/C33H38N4O5/c1-3-41-30(38)22-42-26-14-15-27-25(18-26)19-34-31(24-12-8-5-9-13-24)32(27)36-33(39)35-29-21-37(16-17-40-2)20-28(29)23-10-6-4-7-11-23/h4-10,12-15,18-19,23,28-29H,3,11,16-17,20-22H2,1-2H3,(H2,35,36,39)/t23?,28-,29+/m0/s1. The zero-order chi connectivity index (χ0) is 29.3. The van der Waals surface area contributed by atoms with Gasteiger partial charge in [-0.3, -0.25) is 9.88 Å². The van der Waals surface area contributed by atoms with Gasteiger partial charge in [-0.15, -0.1) is 0 Å². The van der Waals surface area contributed by atoms with E-state index in [1.165, 1.54) is 0 Å². The molecule has 5 rings (SSSR count). The third-order valence-electron chi connectivity index (χ3n) is 7.74. The Balaban J connectivity index is 1.39. The van der Waals surface area contributed by atoms with Gasteiger partial charge >= 0.3 is 12.0 Å². The van der Waals surface area contributed by atoms with Gasteiger partial charge in [0.05, 0.1) is 24.6 Å². The highest BCUT2D eigenvalue weighted by Crippen LogP contribution is 2.35. The number of urea groups is 1. The molecule has 9 nitrogen and oxygen atoms in total. The van der Waals surface area contributed by atoms with Crippen molar-refractivity contribution < 1.29 is 23.8 Å². The van der Waals surface area contributed by atoms with Gasteiger partial charge in [0.1, 0.15) is 5.75 Å². The van der Waals surface area contributed by atoms with E-state index in [4.69, 9.17) is 19.2 Å². The number of carbonyl (C=O) groups excluding carboxylic acids is 2. The number of rotatable bonds is 11. The average Bonchev–Trinajstić information content (AvgIpc) is 3.42. The molecule has 0 saturated carbocycles. The fourth-order valence-electron chi connectivity index (χ4n) is 5.72. The maximum atomic E-state index is 13.6. The second kappa shape index (κ2) is 14.1. The van der Waals surface area contributed by atoms with Crippen LogP contribution in [0.25, 0.3) is 22.0 Å². The third kappa shape index (κ3) is 7.16. The van der Waals surface area contributed by atoms with Crippen molar-refractivity contribution >= 4 is 28.5 Å². The predicted octanol–water partition coefficient (Wildman–Crippen LogP) is 5.04. The first-order valence-corrected chi connectivity index (χ1v) is 14.4. The van der Waals surface area contributed by atoms with E-state index >= 15 is 0 Å². The number of carbonyl (C=O) groups is 2. The lowest BCUT2D eigenvalue weighted by Crippen LogP contribution is -2.44. The van der Waals surface area contributed by atoms with Crippen molar-refractivity contribution in [2.24, 2.45) is 11.8 Å². The number of amides is 2. The molecule has 9 heteroatoms. The van der Waals surface area contributed by atoms with Gasteiger partial charge in [0, 0.05) is 55.3 Å². The van der Waals surface area contributed by atoms with Crippen LogP contribution >= 0.6 is 0 Å². The predicted molar refractivity (Wildman–Crippen MR) is 163 cm³/mol. The summed E-state index contributed by atoms with van der Waals surface area (Å²) < 4.78 is 15.9. The second-order valence-electron chi connectivity index (χ2n) is 10.5. The zero-order valence-electron chi connectivity index (χ0n) is 24.1. The van der Waals surface area contributed by atoms with Crippen LogP contribution < -0.4 is 15.4 Å². The first kappa shape index (κ1) is 29.3. The van der Waals surface area contributed by atoms with E-state index in [1.807, 2.05) is 42.5 Å². The quantitative estimate of drug-likeness (QED) is 0.311. The van der Waals surface area contributed by atoms with Crippen molar-refractivity contribution in [3.63, 3.8) is 0 Å². The molecule has 2 amide bonds. The van der Waals surface area contributed by atoms with Crippen LogP contribution in [0.4, 0.5) is 10.5 Å². The number of pyridine rings is 1. The molecular formula is C33H38N4O5. The Bertz CT molecular complexity index is 1440. The Labute approximate surface area is 246 Å². The summed E-state index contributed by atoms with van der Waals surface area (Å²) in [6.45, 7) is 5.00. The Hall–Kier alpha value is -4.21. The molecule has 2 aromatic carbocycles. The van der Waals surface area contributed by atoms with E-state index in [1.54, 1.807) is 26.3 Å². The number of methoxy groups -OCH3 is 1. The lowest BCUT2D eigenvalue weighted by Gasteiger charge is -2.27. The van der Waals surface area contributed by atoms with Crippen LogP contribution in [0.15, 0.2) is 79.0 Å². The molecule has 2 N–H and O–H groups in total. The summed E-state index contributed by atoms with van der Waals surface area (Å²) in [4.78, 5) is 32.5. The third-order valence-corrected chi connectivity index (χ3v) is 7.74. The van der Waals surface area contributed by atoms with Gasteiger partial charge in [0.15, 0.2) is 6.61 Å². The van der Waals surface area contributed by atoms with Crippen LogP contribution in [0.1, 0.15) is 13.3 Å². The molecule has 3 atom stereocenters. The van der Waals surface area contributed by atoms with E-state index in [-0.39, 0.29) is 24.6 Å². The Morgan fingerprint density at radius 3 is 2.71 bits per heavy atom. The first-order chi connectivity index (χ1) is 20.6. The maximum absolute atomic E-state index is 13.6. The minimum atomic E-state index is -0.431. The lowest BCUT2D eigenvalue weighted by molar-refractivity contribution is -0.145. The number of ether oxygens (including phenoxy) is 3. The number of nitrogens with one attached hydrogen (secondary N) is 2. The van der Waals surface area contributed by atoms with E-state index < -0.39 is 5.97 Å². The molecule has 0 bridgehead atoms.